The lowest BCUT2D eigenvalue weighted by Gasteiger charge is -2.42. The van der Waals surface area contributed by atoms with Crippen LogP contribution >= 0.6 is 11.3 Å². The molecule has 1 N–H and O–H groups in total. The van der Waals surface area contributed by atoms with Crippen LogP contribution in [-0.4, -0.2) is 84.8 Å². The number of rotatable bonds is 3. The highest BCUT2D eigenvalue weighted by Gasteiger charge is 2.44. The van der Waals surface area contributed by atoms with E-state index >= 15 is 0 Å². The molecule has 2 aliphatic heterocycles. The van der Waals surface area contributed by atoms with Gasteiger partial charge in [-0.2, -0.15) is 4.31 Å². The van der Waals surface area contributed by atoms with Crippen molar-refractivity contribution in [1.29, 1.82) is 0 Å². The van der Waals surface area contributed by atoms with Gasteiger partial charge in [0.05, 0.1) is 5.00 Å². The van der Waals surface area contributed by atoms with E-state index in [2.05, 4.69) is 5.32 Å². The quantitative estimate of drug-likeness (QED) is 0.770. The molecule has 1 aromatic rings. The summed E-state index contributed by atoms with van der Waals surface area (Å²) in [4.78, 5) is 28.5. The van der Waals surface area contributed by atoms with Gasteiger partial charge in [-0.1, -0.05) is 0 Å². The number of urea groups is 1. The van der Waals surface area contributed by atoms with Gasteiger partial charge in [0, 0.05) is 44.1 Å². The fourth-order valence-corrected chi connectivity index (χ4v) is 5.73. The van der Waals surface area contributed by atoms with Crippen molar-refractivity contribution in [3.63, 3.8) is 0 Å². The van der Waals surface area contributed by atoms with Crippen LogP contribution in [0, 0.1) is 6.92 Å². The highest BCUT2D eigenvalue weighted by atomic mass is 32.2. The Bertz CT molecular complexity index is 863. The fourth-order valence-electron chi connectivity index (χ4n) is 3.14. The number of hydrogen-bond donors (Lipinski definition) is 1. The Labute approximate surface area is 175 Å². The minimum Gasteiger partial charge on any atom is -0.444 e. The summed E-state index contributed by atoms with van der Waals surface area (Å²) in [6, 6.07) is 3.46. The maximum Gasteiger partial charge on any atom is 0.410 e. The number of anilines is 1. The number of carbonyl (C=O) groups is 2. The standard InChI is InChI=1S/C18H28N4O5S2/c1-13-5-6-15(28-13)19-16(23)21-11-14(12-21)29(25,26)22-9-7-20(8-10-22)17(24)27-18(2,3)4/h5-6,14H,7-12H2,1-4H3,(H,19,23). The van der Waals surface area contributed by atoms with Gasteiger partial charge in [0.15, 0.2) is 0 Å². The maximum absolute atomic E-state index is 12.8. The molecule has 0 saturated carbocycles. The number of carbonyl (C=O) groups excluding carboxylic acids is 2. The van der Waals surface area contributed by atoms with Crippen molar-refractivity contribution < 1.29 is 22.7 Å². The van der Waals surface area contributed by atoms with E-state index in [1.807, 2.05) is 19.1 Å². The van der Waals surface area contributed by atoms with Crippen LogP contribution in [-0.2, 0) is 14.8 Å². The number of nitrogens with zero attached hydrogens (tertiary/aromatic N) is 3. The summed E-state index contributed by atoms with van der Waals surface area (Å²) in [6.45, 7) is 8.74. The van der Waals surface area contributed by atoms with Gasteiger partial charge >= 0.3 is 12.1 Å². The zero-order valence-electron chi connectivity index (χ0n) is 17.2. The number of hydrogen-bond acceptors (Lipinski definition) is 6. The van der Waals surface area contributed by atoms with Crippen LogP contribution in [0.2, 0.25) is 0 Å². The van der Waals surface area contributed by atoms with E-state index in [0.717, 1.165) is 9.88 Å². The molecule has 3 amide bonds. The molecule has 2 saturated heterocycles. The lowest BCUT2D eigenvalue weighted by Crippen LogP contribution is -2.62. The molecule has 162 valence electrons. The fraction of sp³-hybridized carbons (Fsp3) is 0.667. The highest BCUT2D eigenvalue weighted by Crippen LogP contribution is 2.25. The second-order valence-corrected chi connectivity index (χ2v) is 11.8. The van der Waals surface area contributed by atoms with Crippen molar-refractivity contribution in [1.82, 2.24) is 14.1 Å². The molecule has 2 aliphatic rings. The van der Waals surface area contributed by atoms with E-state index in [4.69, 9.17) is 4.74 Å². The smallest absolute Gasteiger partial charge is 0.410 e. The summed E-state index contributed by atoms with van der Waals surface area (Å²) in [7, 11) is -3.51. The van der Waals surface area contributed by atoms with Crippen LogP contribution in [0.3, 0.4) is 0 Å². The number of amides is 3. The van der Waals surface area contributed by atoms with Gasteiger partial charge in [-0.15, -0.1) is 11.3 Å². The first-order chi connectivity index (χ1) is 13.5. The van der Waals surface area contributed by atoms with Crippen LogP contribution in [0.5, 0.6) is 0 Å². The molecule has 1 aromatic heterocycles. The molecule has 11 heteroatoms. The van der Waals surface area contributed by atoms with Gasteiger partial charge < -0.3 is 14.5 Å². The van der Waals surface area contributed by atoms with E-state index < -0.39 is 27.0 Å². The van der Waals surface area contributed by atoms with Crippen LogP contribution in [0.15, 0.2) is 12.1 Å². The SMILES string of the molecule is Cc1ccc(NC(=O)N2CC(S(=O)(=O)N3CCN(C(=O)OC(C)(C)C)CC3)C2)s1. The summed E-state index contributed by atoms with van der Waals surface area (Å²) in [5.74, 6) is 0. The Morgan fingerprint density at radius 1 is 1.10 bits per heavy atom. The van der Waals surface area contributed by atoms with Crippen molar-refractivity contribution in [2.24, 2.45) is 0 Å². The normalized spacial score (nSPS) is 19.0. The minimum absolute atomic E-state index is 0.171. The molecular formula is C18H28N4O5S2. The molecule has 0 aromatic carbocycles. The third-order valence-corrected chi connectivity index (χ3v) is 7.92. The monoisotopic (exact) mass is 444 g/mol. The van der Waals surface area contributed by atoms with E-state index in [1.54, 1.807) is 20.8 Å². The van der Waals surface area contributed by atoms with Gasteiger partial charge in [0.2, 0.25) is 10.0 Å². The second kappa shape index (κ2) is 8.11. The molecule has 0 bridgehead atoms. The Morgan fingerprint density at radius 2 is 1.72 bits per heavy atom. The number of likely N-dealkylation sites (tertiary alicyclic amines) is 1. The first kappa shape index (κ1) is 21.8. The average Bonchev–Trinajstić information content (AvgIpc) is 2.96. The summed E-state index contributed by atoms with van der Waals surface area (Å²) in [5, 5.41) is 2.93. The van der Waals surface area contributed by atoms with Gasteiger partial charge in [-0.25, -0.2) is 18.0 Å². The van der Waals surface area contributed by atoms with Crippen molar-refractivity contribution in [3.05, 3.63) is 17.0 Å². The molecule has 0 radical (unpaired) electrons. The molecule has 9 nitrogen and oxygen atoms in total. The molecule has 2 fully saturated rings. The Balaban J connectivity index is 1.47. The summed E-state index contributed by atoms with van der Waals surface area (Å²) in [5.41, 5.74) is -0.585. The van der Waals surface area contributed by atoms with E-state index in [-0.39, 0.29) is 32.2 Å². The van der Waals surface area contributed by atoms with Gasteiger partial charge in [-0.05, 0) is 39.8 Å². The van der Waals surface area contributed by atoms with Crippen molar-refractivity contribution in [2.45, 2.75) is 38.5 Å². The first-order valence-electron chi connectivity index (χ1n) is 9.55. The number of nitrogens with one attached hydrogen (secondary N) is 1. The molecule has 29 heavy (non-hydrogen) atoms. The van der Waals surface area contributed by atoms with Crippen LogP contribution < -0.4 is 5.32 Å². The molecule has 0 aliphatic carbocycles. The van der Waals surface area contributed by atoms with E-state index in [0.29, 0.717) is 13.1 Å². The Morgan fingerprint density at radius 3 is 2.24 bits per heavy atom. The van der Waals surface area contributed by atoms with Crippen LogP contribution in [0.4, 0.5) is 14.6 Å². The van der Waals surface area contributed by atoms with E-state index in [1.165, 1.54) is 25.4 Å². The lowest BCUT2D eigenvalue weighted by molar-refractivity contribution is 0.0191. The maximum atomic E-state index is 12.8. The van der Waals surface area contributed by atoms with Gasteiger partial charge in [0.25, 0.3) is 0 Å². The molecular weight excluding hydrogens is 416 g/mol. The predicted octanol–water partition coefficient (Wildman–Crippen LogP) is 2.16. The minimum atomic E-state index is -3.51. The predicted molar refractivity (Wildman–Crippen MR) is 112 cm³/mol. The van der Waals surface area contributed by atoms with Gasteiger partial charge in [-0.3, -0.25) is 5.32 Å². The summed E-state index contributed by atoms with van der Waals surface area (Å²) < 4.78 is 32.4. The van der Waals surface area contributed by atoms with Crippen molar-refractivity contribution >= 4 is 38.5 Å². The Hall–Kier alpha value is -1.85. The molecule has 0 spiro atoms. The number of piperazine rings is 1. The molecule has 0 unspecified atom stereocenters. The zero-order valence-corrected chi connectivity index (χ0v) is 18.8. The largest absolute Gasteiger partial charge is 0.444 e. The number of ether oxygens (including phenoxy) is 1. The van der Waals surface area contributed by atoms with Crippen LogP contribution in [0.25, 0.3) is 0 Å². The number of aryl methyl sites for hydroxylation is 1. The second-order valence-electron chi connectivity index (χ2n) is 8.28. The van der Waals surface area contributed by atoms with Gasteiger partial charge in [0.1, 0.15) is 10.9 Å². The molecule has 3 rings (SSSR count). The third-order valence-electron chi connectivity index (χ3n) is 4.78. The zero-order chi connectivity index (χ0) is 21.4. The molecule has 3 heterocycles. The lowest BCUT2D eigenvalue weighted by atomic mass is 10.2. The highest BCUT2D eigenvalue weighted by molar-refractivity contribution is 7.89. The molecule has 0 atom stereocenters. The Kier molecular flexibility index (Phi) is 6.11. The van der Waals surface area contributed by atoms with Crippen LogP contribution in [0.1, 0.15) is 25.6 Å². The van der Waals surface area contributed by atoms with Crippen molar-refractivity contribution in [2.75, 3.05) is 44.6 Å². The summed E-state index contributed by atoms with van der Waals surface area (Å²) in [6.07, 6.45) is -0.426. The third kappa shape index (κ3) is 5.20. The summed E-state index contributed by atoms with van der Waals surface area (Å²) >= 11 is 1.48. The first-order valence-corrected chi connectivity index (χ1v) is 11.9. The number of thiophene rings is 1. The number of sulfonamides is 1. The average molecular weight is 445 g/mol. The van der Waals surface area contributed by atoms with Crippen molar-refractivity contribution in [3.8, 4) is 0 Å². The topological polar surface area (TPSA) is 99.3 Å². The van der Waals surface area contributed by atoms with E-state index in [9.17, 15) is 18.0 Å².